The molecule has 0 radical (unpaired) electrons. The van der Waals surface area contributed by atoms with E-state index in [2.05, 4.69) is 21.5 Å². The lowest BCUT2D eigenvalue weighted by Gasteiger charge is -2.09. The molecule has 0 N–H and O–H groups in total. The van der Waals surface area contributed by atoms with E-state index >= 15 is 0 Å². The molecule has 0 amide bonds. The quantitative estimate of drug-likeness (QED) is 0.598. The van der Waals surface area contributed by atoms with Gasteiger partial charge in [0.2, 0.25) is 0 Å². The maximum atomic E-state index is 5.44. The van der Waals surface area contributed by atoms with Gasteiger partial charge >= 0.3 is 6.02 Å². The van der Waals surface area contributed by atoms with Crippen LogP contribution < -0.4 is 0 Å². The number of allylic oxidation sites excluding steroid dienone is 1. The fourth-order valence-electron chi connectivity index (χ4n) is 1.23. The molecule has 0 aromatic carbocycles. The third kappa shape index (κ3) is 5.92. The molecule has 1 rings (SSSR count). The first-order chi connectivity index (χ1) is 9.13. The number of hydrogen-bond acceptors (Lipinski definition) is 4. The third-order valence-corrected chi connectivity index (χ3v) is 2.29. The lowest BCUT2D eigenvalue weighted by molar-refractivity contribution is 0.248. The second-order valence-corrected chi connectivity index (χ2v) is 4.16. The van der Waals surface area contributed by atoms with Crippen LogP contribution in [0.15, 0.2) is 41.0 Å². The number of rotatable bonds is 5. The second-order valence-electron chi connectivity index (χ2n) is 4.16. The van der Waals surface area contributed by atoms with E-state index in [1.807, 2.05) is 37.2 Å². The molecule has 0 fully saturated rings. The zero-order valence-electron chi connectivity index (χ0n) is 11.7. The van der Waals surface area contributed by atoms with Gasteiger partial charge in [0, 0.05) is 31.6 Å². The molecular weight excluding hydrogens is 240 g/mol. The van der Waals surface area contributed by atoms with Crippen LogP contribution in [0.2, 0.25) is 0 Å². The molecule has 0 aliphatic rings. The molecule has 0 saturated carbocycles. The van der Waals surface area contributed by atoms with E-state index in [0.29, 0.717) is 12.6 Å². The van der Waals surface area contributed by atoms with Crippen molar-refractivity contribution in [1.82, 2.24) is 9.88 Å². The number of likely N-dealkylation sites (N-methyl/N-ethyl adjacent to an activating group) is 1. The van der Waals surface area contributed by atoms with E-state index in [-0.39, 0.29) is 0 Å². The fourth-order valence-corrected chi connectivity index (χ4v) is 1.23. The van der Waals surface area contributed by atoms with Crippen molar-refractivity contribution in [3.05, 3.63) is 36.7 Å². The minimum absolute atomic E-state index is 0.346. The summed E-state index contributed by atoms with van der Waals surface area (Å²) in [4.78, 5) is 14.3. The van der Waals surface area contributed by atoms with Crippen LogP contribution in [0.1, 0.15) is 5.69 Å². The Morgan fingerprint density at radius 1 is 1.47 bits per heavy atom. The van der Waals surface area contributed by atoms with Crippen LogP contribution in [0.5, 0.6) is 0 Å². The van der Waals surface area contributed by atoms with E-state index < -0.39 is 0 Å². The van der Waals surface area contributed by atoms with Gasteiger partial charge in [-0.25, -0.2) is 9.98 Å². The predicted octanol–water partition coefficient (Wildman–Crippen LogP) is 1.73. The first-order valence-electron chi connectivity index (χ1n) is 6.02. The van der Waals surface area contributed by atoms with E-state index in [0.717, 1.165) is 17.8 Å². The topological polar surface area (TPSA) is 50.1 Å². The molecule has 0 spiro atoms. The molecule has 0 atom stereocenters. The van der Waals surface area contributed by atoms with Crippen molar-refractivity contribution in [2.24, 2.45) is 9.98 Å². The van der Waals surface area contributed by atoms with Crippen LogP contribution in [0.4, 0.5) is 0 Å². The first kappa shape index (κ1) is 15.0. The minimum atomic E-state index is 0.346. The van der Waals surface area contributed by atoms with Crippen LogP contribution >= 0.6 is 0 Å². The van der Waals surface area contributed by atoms with Crippen LogP contribution in [0.25, 0.3) is 5.57 Å². The number of aliphatic imine (C=N–C) groups is 2. The zero-order chi connectivity index (χ0) is 14.1. The van der Waals surface area contributed by atoms with Crippen LogP contribution in [-0.2, 0) is 4.74 Å². The molecule has 19 heavy (non-hydrogen) atoms. The van der Waals surface area contributed by atoms with E-state index in [9.17, 15) is 0 Å². The van der Waals surface area contributed by atoms with Gasteiger partial charge in [-0.15, -0.1) is 0 Å². The lowest BCUT2D eigenvalue weighted by atomic mass is 10.2. The molecule has 0 aliphatic carbocycles. The highest BCUT2D eigenvalue weighted by Crippen LogP contribution is 2.05. The molecule has 5 heteroatoms. The van der Waals surface area contributed by atoms with E-state index in [1.165, 1.54) is 0 Å². The minimum Gasteiger partial charge on any atom is -0.462 e. The maximum Gasteiger partial charge on any atom is 0.311 e. The molecule has 102 valence electrons. The Bertz CT molecular complexity index is 452. The Morgan fingerprint density at radius 3 is 2.84 bits per heavy atom. The summed E-state index contributed by atoms with van der Waals surface area (Å²) < 4.78 is 5.44. The Hall–Kier alpha value is -2.01. The van der Waals surface area contributed by atoms with Gasteiger partial charge in [-0.1, -0.05) is 12.6 Å². The van der Waals surface area contributed by atoms with Crippen molar-refractivity contribution in [3.8, 4) is 0 Å². The highest BCUT2D eigenvalue weighted by molar-refractivity contribution is 6.11. The van der Waals surface area contributed by atoms with Gasteiger partial charge in [0.15, 0.2) is 0 Å². The Balaban J connectivity index is 2.52. The summed E-state index contributed by atoms with van der Waals surface area (Å²) in [5.74, 6) is 0. The SMILES string of the molecule is C=C(C=NC(=NC)OCCN(C)C)c1ccccn1. The monoisotopic (exact) mass is 260 g/mol. The molecule has 0 aliphatic heterocycles. The van der Waals surface area contributed by atoms with Gasteiger partial charge in [-0.3, -0.25) is 4.98 Å². The standard InChI is InChI=1S/C14H20N4O/c1-12(13-7-5-6-8-16-13)11-17-14(15-2)19-10-9-18(3)4/h5-8,11H,1,9-10H2,2-4H3. The number of pyridine rings is 1. The highest BCUT2D eigenvalue weighted by Gasteiger charge is 1.99. The van der Waals surface area contributed by atoms with Crippen molar-refractivity contribution >= 4 is 17.8 Å². The average molecular weight is 260 g/mol. The summed E-state index contributed by atoms with van der Waals surface area (Å²) in [5.41, 5.74) is 1.51. The van der Waals surface area contributed by atoms with Crippen molar-refractivity contribution in [1.29, 1.82) is 0 Å². The summed E-state index contributed by atoms with van der Waals surface area (Å²) in [5, 5.41) is 0. The summed E-state index contributed by atoms with van der Waals surface area (Å²) in [6, 6.07) is 5.99. The molecule has 0 unspecified atom stereocenters. The fraction of sp³-hybridized carbons (Fsp3) is 0.357. The van der Waals surface area contributed by atoms with Gasteiger partial charge in [-0.05, 0) is 26.2 Å². The molecule has 1 aromatic heterocycles. The number of nitrogens with zero attached hydrogens (tertiary/aromatic N) is 4. The van der Waals surface area contributed by atoms with Crippen LogP contribution in [0.3, 0.4) is 0 Å². The van der Waals surface area contributed by atoms with Crippen molar-refractivity contribution in [2.45, 2.75) is 0 Å². The summed E-state index contributed by atoms with van der Waals surface area (Å²) in [7, 11) is 5.61. The normalized spacial score (nSPS) is 12.1. The molecule has 0 bridgehead atoms. The number of aromatic nitrogens is 1. The number of amidine groups is 1. The summed E-state index contributed by atoms with van der Waals surface area (Å²) in [6.45, 7) is 5.27. The predicted molar refractivity (Wildman–Crippen MR) is 79.6 cm³/mol. The molecule has 1 heterocycles. The third-order valence-electron chi connectivity index (χ3n) is 2.29. The largest absolute Gasteiger partial charge is 0.462 e. The lowest BCUT2D eigenvalue weighted by Crippen LogP contribution is -2.19. The first-order valence-corrected chi connectivity index (χ1v) is 6.02. The average Bonchev–Trinajstić information content (AvgIpc) is 2.42. The summed E-state index contributed by atoms with van der Waals surface area (Å²) >= 11 is 0. The number of hydrogen-bond donors (Lipinski definition) is 0. The summed E-state index contributed by atoms with van der Waals surface area (Å²) in [6.07, 6.45) is 3.33. The van der Waals surface area contributed by atoms with Crippen molar-refractivity contribution < 1.29 is 4.74 Å². The molecule has 5 nitrogen and oxygen atoms in total. The Kier molecular flexibility index (Phi) is 6.46. The van der Waals surface area contributed by atoms with Gasteiger partial charge < -0.3 is 9.64 Å². The Morgan fingerprint density at radius 2 is 2.26 bits per heavy atom. The maximum absolute atomic E-state index is 5.44. The van der Waals surface area contributed by atoms with Crippen LogP contribution in [-0.4, -0.2) is 56.4 Å². The Labute approximate surface area is 114 Å². The van der Waals surface area contributed by atoms with Crippen molar-refractivity contribution in [3.63, 3.8) is 0 Å². The smallest absolute Gasteiger partial charge is 0.311 e. The van der Waals surface area contributed by atoms with Gasteiger partial charge in [0.25, 0.3) is 0 Å². The number of ether oxygens (including phenoxy) is 1. The highest BCUT2D eigenvalue weighted by atomic mass is 16.5. The zero-order valence-corrected chi connectivity index (χ0v) is 11.7. The van der Waals surface area contributed by atoms with Gasteiger partial charge in [0.1, 0.15) is 6.61 Å². The van der Waals surface area contributed by atoms with Crippen LogP contribution in [0, 0.1) is 0 Å². The second kappa shape index (κ2) is 8.16. The molecular formula is C14H20N4O. The molecule has 1 aromatic rings. The molecule has 0 saturated heterocycles. The van der Waals surface area contributed by atoms with E-state index in [4.69, 9.17) is 4.74 Å². The van der Waals surface area contributed by atoms with Crippen molar-refractivity contribution in [2.75, 3.05) is 34.3 Å². The van der Waals surface area contributed by atoms with Gasteiger partial charge in [-0.2, -0.15) is 0 Å². The van der Waals surface area contributed by atoms with Gasteiger partial charge in [0.05, 0.1) is 5.69 Å². The van der Waals surface area contributed by atoms with E-state index in [1.54, 1.807) is 19.5 Å².